The third-order valence-corrected chi connectivity index (χ3v) is 3.04. The molecule has 0 saturated heterocycles. The number of rotatable bonds is 9. The highest BCUT2D eigenvalue weighted by atomic mass is 16.5. The molecule has 0 fully saturated rings. The lowest BCUT2D eigenvalue weighted by molar-refractivity contribution is -0.140. The smallest absolute Gasteiger partial charge is 0.305 e. The Morgan fingerprint density at radius 1 is 1.14 bits per heavy atom. The minimum atomic E-state index is -0.261. The van der Waals surface area contributed by atoms with Crippen molar-refractivity contribution in [1.29, 1.82) is 0 Å². The van der Waals surface area contributed by atoms with E-state index in [0.717, 1.165) is 12.2 Å². The molecule has 0 spiro atoms. The first-order chi connectivity index (χ1) is 10.2. The second kappa shape index (κ2) is 9.80. The van der Waals surface area contributed by atoms with Crippen LogP contribution in [0.4, 0.5) is 0 Å². The van der Waals surface area contributed by atoms with Gasteiger partial charge in [-0.25, -0.2) is 0 Å². The van der Waals surface area contributed by atoms with Crippen LogP contribution in [-0.2, 0) is 20.7 Å². The van der Waals surface area contributed by atoms with Gasteiger partial charge in [-0.3, -0.25) is 9.59 Å². The predicted octanol–water partition coefficient (Wildman–Crippen LogP) is 2.09. The quantitative estimate of drug-likeness (QED) is 0.559. The van der Waals surface area contributed by atoms with Crippen LogP contribution in [0, 0.1) is 0 Å². The van der Waals surface area contributed by atoms with Crippen molar-refractivity contribution in [2.45, 2.75) is 32.6 Å². The zero-order valence-electron chi connectivity index (χ0n) is 12.7. The summed E-state index contributed by atoms with van der Waals surface area (Å²) in [7, 11) is 1.35. The molecule has 21 heavy (non-hydrogen) atoms. The van der Waals surface area contributed by atoms with Gasteiger partial charge >= 0.3 is 5.97 Å². The maximum Gasteiger partial charge on any atom is 0.305 e. The van der Waals surface area contributed by atoms with Gasteiger partial charge in [0.1, 0.15) is 5.75 Å². The first kappa shape index (κ1) is 17.0. The average Bonchev–Trinajstić information content (AvgIpc) is 2.52. The van der Waals surface area contributed by atoms with Gasteiger partial charge in [-0.15, -0.1) is 0 Å². The van der Waals surface area contributed by atoms with Crippen molar-refractivity contribution in [3.63, 3.8) is 0 Å². The second-order valence-electron chi connectivity index (χ2n) is 4.63. The highest BCUT2D eigenvalue weighted by Crippen LogP contribution is 2.12. The number of hydrogen-bond donors (Lipinski definition) is 1. The molecule has 0 unspecified atom stereocenters. The number of benzene rings is 1. The summed E-state index contributed by atoms with van der Waals surface area (Å²) >= 11 is 0. The van der Waals surface area contributed by atoms with Crippen LogP contribution in [0.5, 0.6) is 5.75 Å². The van der Waals surface area contributed by atoms with E-state index in [1.165, 1.54) is 12.7 Å². The van der Waals surface area contributed by atoms with E-state index in [0.29, 0.717) is 32.4 Å². The largest absolute Gasteiger partial charge is 0.493 e. The zero-order chi connectivity index (χ0) is 15.5. The summed E-state index contributed by atoms with van der Waals surface area (Å²) in [4.78, 5) is 22.4. The van der Waals surface area contributed by atoms with Gasteiger partial charge in [-0.2, -0.15) is 0 Å². The maximum absolute atomic E-state index is 11.5. The molecule has 0 bridgehead atoms. The van der Waals surface area contributed by atoms with Gasteiger partial charge in [-0.1, -0.05) is 19.1 Å². The molecule has 0 radical (unpaired) electrons. The Labute approximate surface area is 125 Å². The molecule has 1 N–H and O–H groups in total. The Bertz CT molecular complexity index is 442. The van der Waals surface area contributed by atoms with Crippen LogP contribution < -0.4 is 10.1 Å². The number of carbonyl (C=O) groups is 2. The normalized spacial score (nSPS) is 10.0. The van der Waals surface area contributed by atoms with E-state index < -0.39 is 0 Å². The van der Waals surface area contributed by atoms with Crippen LogP contribution in [0.3, 0.4) is 0 Å². The van der Waals surface area contributed by atoms with Gasteiger partial charge in [0.05, 0.1) is 20.1 Å². The molecule has 0 heterocycles. The van der Waals surface area contributed by atoms with E-state index in [4.69, 9.17) is 4.74 Å². The number of carbonyl (C=O) groups excluding carboxylic acids is 2. The standard InChI is InChI=1S/C16H23NO4/c1-3-13-6-8-14(9-7-13)21-12-10-15(18)17-11-4-5-16(19)20-2/h6-9H,3-5,10-12H2,1-2H3,(H,17,18). The van der Waals surface area contributed by atoms with Crippen molar-refractivity contribution in [2.75, 3.05) is 20.3 Å². The van der Waals surface area contributed by atoms with E-state index in [2.05, 4.69) is 17.0 Å². The van der Waals surface area contributed by atoms with Gasteiger partial charge < -0.3 is 14.8 Å². The number of hydrogen-bond acceptors (Lipinski definition) is 4. The number of methoxy groups -OCH3 is 1. The van der Waals surface area contributed by atoms with E-state index in [-0.39, 0.29) is 11.9 Å². The fourth-order valence-electron chi connectivity index (χ4n) is 1.73. The summed E-state index contributed by atoms with van der Waals surface area (Å²) < 4.78 is 10.0. The molecule has 116 valence electrons. The van der Waals surface area contributed by atoms with Gasteiger partial charge in [0.25, 0.3) is 0 Å². The number of esters is 1. The molecule has 0 aliphatic rings. The minimum Gasteiger partial charge on any atom is -0.493 e. The van der Waals surface area contributed by atoms with Crippen LogP contribution in [0.25, 0.3) is 0 Å². The van der Waals surface area contributed by atoms with Crippen molar-refractivity contribution in [3.8, 4) is 5.75 Å². The molecule has 1 aromatic rings. The number of amides is 1. The molecule has 1 aromatic carbocycles. The summed E-state index contributed by atoms with van der Waals surface area (Å²) in [6.07, 6.45) is 2.19. The topological polar surface area (TPSA) is 64.6 Å². The summed E-state index contributed by atoms with van der Waals surface area (Å²) in [5.41, 5.74) is 1.26. The lowest BCUT2D eigenvalue weighted by Gasteiger charge is -2.07. The van der Waals surface area contributed by atoms with E-state index in [1.54, 1.807) is 0 Å². The van der Waals surface area contributed by atoms with Crippen molar-refractivity contribution in [1.82, 2.24) is 5.32 Å². The summed E-state index contributed by atoms with van der Waals surface area (Å²) in [6.45, 7) is 2.91. The third-order valence-electron chi connectivity index (χ3n) is 3.04. The zero-order valence-corrected chi connectivity index (χ0v) is 12.7. The lowest BCUT2D eigenvalue weighted by atomic mass is 10.2. The molecule has 0 atom stereocenters. The number of nitrogens with one attached hydrogen (secondary N) is 1. The Balaban J connectivity index is 2.11. The lowest BCUT2D eigenvalue weighted by Crippen LogP contribution is -2.26. The summed E-state index contributed by atoms with van der Waals surface area (Å²) in [6, 6.07) is 7.85. The SMILES string of the molecule is CCc1ccc(OCCC(=O)NCCCC(=O)OC)cc1. The van der Waals surface area contributed by atoms with Gasteiger partial charge in [0.2, 0.25) is 5.91 Å². The van der Waals surface area contributed by atoms with Gasteiger partial charge in [0, 0.05) is 13.0 Å². The van der Waals surface area contributed by atoms with Crippen molar-refractivity contribution >= 4 is 11.9 Å². The second-order valence-corrected chi connectivity index (χ2v) is 4.63. The molecular formula is C16H23NO4. The van der Waals surface area contributed by atoms with Crippen LogP contribution in [0.15, 0.2) is 24.3 Å². The van der Waals surface area contributed by atoms with E-state index in [1.807, 2.05) is 24.3 Å². The number of aryl methyl sites for hydroxylation is 1. The molecule has 5 nitrogen and oxygen atoms in total. The summed E-state index contributed by atoms with van der Waals surface area (Å²) in [5, 5.41) is 2.74. The highest BCUT2D eigenvalue weighted by molar-refractivity contribution is 5.76. The molecule has 1 rings (SSSR count). The molecule has 1 amide bonds. The fourth-order valence-corrected chi connectivity index (χ4v) is 1.73. The monoisotopic (exact) mass is 293 g/mol. The first-order valence-electron chi connectivity index (χ1n) is 7.21. The molecular weight excluding hydrogens is 270 g/mol. The van der Waals surface area contributed by atoms with Crippen molar-refractivity contribution in [2.24, 2.45) is 0 Å². The Hall–Kier alpha value is -2.04. The Morgan fingerprint density at radius 2 is 1.86 bits per heavy atom. The molecule has 0 saturated carbocycles. The number of ether oxygens (including phenoxy) is 2. The van der Waals surface area contributed by atoms with E-state index in [9.17, 15) is 9.59 Å². The molecule has 0 aliphatic carbocycles. The first-order valence-corrected chi connectivity index (χ1v) is 7.21. The van der Waals surface area contributed by atoms with Crippen LogP contribution >= 0.6 is 0 Å². The van der Waals surface area contributed by atoms with Crippen LogP contribution in [0.1, 0.15) is 31.7 Å². The average molecular weight is 293 g/mol. The highest BCUT2D eigenvalue weighted by Gasteiger charge is 2.03. The van der Waals surface area contributed by atoms with Crippen molar-refractivity contribution in [3.05, 3.63) is 29.8 Å². The van der Waals surface area contributed by atoms with Gasteiger partial charge in [-0.05, 0) is 30.5 Å². The molecule has 5 heteroatoms. The van der Waals surface area contributed by atoms with Gasteiger partial charge in [0.15, 0.2) is 0 Å². The minimum absolute atomic E-state index is 0.0787. The molecule has 0 aromatic heterocycles. The maximum atomic E-state index is 11.5. The molecule has 0 aliphatic heterocycles. The Morgan fingerprint density at radius 3 is 2.48 bits per heavy atom. The predicted molar refractivity (Wildman–Crippen MR) is 80.2 cm³/mol. The van der Waals surface area contributed by atoms with E-state index >= 15 is 0 Å². The summed E-state index contributed by atoms with van der Waals surface area (Å²) in [5.74, 6) is 0.429. The van der Waals surface area contributed by atoms with Crippen molar-refractivity contribution < 1.29 is 19.1 Å². The Kier molecular flexibility index (Phi) is 7.94. The third kappa shape index (κ3) is 7.34. The van der Waals surface area contributed by atoms with Crippen LogP contribution in [0.2, 0.25) is 0 Å². The van der Waals surface area contributed by atoms with Crippen LogP contribution in [-0.4, -0.2) is 32.1 Å². The fraction of sp³-hybridized carbons (Fsp3) is 0.500.